The monoisotopic (exact) mass is 171 g/mol. The molecular weight excluding hydrogens is 154 g/mol. The molecule has 1 heterocycles. The van der Waals surface area contributed by atoms with E-state index in [0.717, 1.165) is 19.5 Å². The Bertz CT molecular complexity index is 152. The smallest absolute Gasteiger partial charge is 0.234 e. The molecule has 0 unspecified atom stereocenters. The van der Waals surface area contributed by atoms with E-state index in [9.17, 15) is 4.79 Å². The molecule has 0 radical (unpaired) electrons. The molecule has 1 amide bonds. The van der Waals surface area contributed by atoms with Crippen LogP contribution in [-0.2, 0) is 4.79 Å². The van der Waals surface area contributed by atoms with E-state index < -0.39 is 0 Å². The van der Waals surface area contributed by atoms with Gasteiger partial charge >= 0.3 is 0 Å². The van der Waals surface area contributed by atoms with Crippen molar-refractivity contribution in [1.29, 1.82) is 0 Å². The zero-order chi connectivity index (χ0) is 8.97. The molecule has 0 spiro atoms. The predicted molar refractivity (Wildman–Crippen MR) is 48.0 cm³/mol. The summed E-state index contributed by atoms with van der Waals surface area (Å²) in [5, 5.41) is 6.17. The molecule has 4 nitrogen and oxygen atoms in total. The number of rotatable bonds is 3. The predicted octanol–water partition coefficient (Wildman–Crippen LogP) is -0.974. The largest absolute Gasteiger partial charge is 0.351 e. The van der Waals surface area contributed by atoms with E-state index in [1.54, 1.807) is 0 Å². The highest BCUT2D eigenvalue weighted by Gasteiger charge is 2.16. The molecule has 12 heavy (non-hydrogen) atoms. The zero-order valence-electron chi connectivity index (χ0n) is 7.76. The summed E-state index contributed by atoms with van der Waals surface area (Å²) in [5.74, 6) is 0.119. The van der Waals surface area contributed by atoms with E-state index in [1.165, 1.54) is 0 Å². The number of carbonyl (C=O) groups excluding carboxylic acids is 1. The van der Waals surface area contributed by atoms with Crippen molar-refractivity contribution in [3.63, 3.8) is 0 Å². The highest BCUT2D eigenvalue weighted by Crippen LogP contribution is 1.96. The lowest BCUT2D eigenvalue weighted by molar-refractivity contribution is -0.122. The van der Waals surface area contributed by atoms with E-state index in [4.69, 9.17) is 0 Å². The number of nitrogens with zero attached hydrogens (tertiary/aromatic N) is 1. The molecule has 1 aliphatic heterocycles. The van der Waals surface area contributed by atoms with Crippen LogP contribution in [0.4, 0.5) is 0 Å². The Morgan fingerprint density at radius 3 is 2.92 bits per heavy atom. The van der Waals surface area contributed by atoms with Crippen molar-refractivity contribution in [3.05, 3.63) is 0 Å². The average Bonchev–Trinajstić information content (AvgIpc) is 2.37. The summed E-state index contributed by atoms with van der Waals surface area (Å²) in [6.07, 6.45) is 1.05. The normalized spacial score (nSPS) is 23.1. The highest BCUT2D eigenvalue weighted by molar-refractivity contribution is 5.78. The molecule has 0 aromatic carbocycles. The van der Waals surface area contributed by atoms with Crippen molar-refractivity contribution in [2.24, 2.45) is 0 Å². The van der Waals surface area contributed by atoms with E-state index in [-0.39, 0.29) is 5.91 Å². The van der Waals surface area contributed by atoms with Gasteiger partial charge in [-0.25, -0.2) is 0 Å². The quantitative estimate of drug-likeness (QED) is 0.574. The first-order chi connectivity index (χ1) is 5.68. The molecule has 1 aliphatic rings. The van der Waals surface area contributed by atoms with Gasteiger partial charge in [0.1, 0.15) is 0 Å². The van der Waals surface area contributed by atoms with Crippen molar-refractivity contribution in [2.45, 2.75) is 12.5 Å². The Kier molecular flexibility index (Phi) is 3.49. The second-order valence-electron chi connectivity index (χ2n) is 3.50. The minimum absolute atomic E-state index is 0.119. The van der Waals surface area contributed by atoms with Crippen molar-refractivity contribution in [3.8, 4) is 0 Å². The fraction of sp³-hybridized carbons (Fsp3) is 0.875. The molecule has 0 aromatic rings. The minimum Gasteiger partial charge on any atom is -0.351 e. The van der Waals surface area contributed by atoms with Crippen molar-refractivity contribution >= 4 is 5.91 Å². The summed E-state index contributed by atoms with van der Waals surface area (Å²) in [6, 6.07) is 0.345. The maximum absolute atomic E-state index is 11.2. The number of amides is 1. The van der Waals surface area contributed by atoms with Gasteiger partial charge in [-0.15, -0.1) is 0 Å². The number of hydrogen-bond acceptors (Lipinski definition) is 3. The van der Waals surface area contributed by atoms with Gasteiger partial charge in [0.15, 0.2) is 0 Å². The lowest BCUT2D eigenvalue weighted by atomic mass is 10.2. The second kappa shape index (κ2) is 4.42. The minimum atomic E-state index is 0.119. The first kappa shape index (κ1) is 9.48. The first-order valence-corrected chi connectivity index (χ1v) is 4.33. The summed E-state index contributed by atoms with van der Waals surface area (Å²) in [6.45, 7) is 2.42. The fourth-order valence-electron chi connectivity index (χ4n) is 1.34. The molecule has 1 rings (SSSR count). The van der Waals surface area contributed by atoms with E-state index in [1.807, 2.05) is 19.0 Å². The Morgan fingerprint density at radius 1 is 1.67 bits per heavy atom. The van der Waals surface area contributed by atoms with Gasteiger partial charge in [0, 0.05) is 12.6 Å². The summed E-state index contributed by atoms with van der Waals surface area (Å²) in [4.78, 5) is 13.1. The standard InChI is InChI=1S/C8H17N3O/c1-11(2)6-8(12)10-7-3-4-9-5-7/h7,9H,3-6H2,1-2H3,(H,10,12)/t7-/m1/s1. The van der Waals surface area contributed by atoms with Crippen LogP contribution in [0, 0.1) is 0 Å². The van der Waals surface area contributed by atoms with Crippen LogP contribution in [0.3, 0.4) is 0 Å². The lowest BCUT2D eigenvalue weighted by Crippen LogP contribution is -2.41. The number of likely N-dealkylation sites (N-methyl/N-ethyl adjacent to an activating group) is 1. The van der Waals surface area contributed by atoms with Crippen LogP contribution in [-0.4, -0.2) is 50.6 Å². The lowest BCUT2D eigenvalue weighted by Gasteiger charge is -2.13. The topological polar surface area (TPSA) is 44.4 Å². The van der Waals surface area contributed by atoms with Crippen molar-refractivity contribution in [2.75, 3.05) is 33.7 Å². The Morgan fingerprint density at radius 2 is 2.42 bits per heavy atom. The van der Waals surface area contributed by atoms with Crippen LogP contribution in [0.15, 0.2) is 0 Å². The number of hydrogen-bond donors (Lipinski definition) is 2. The molecule has 1 saturated heterocycles. The molecule has 70 valence electrons. The molecular formula is C8H17N3O. The Hall–Kier alpha value is -0.610. The molecule has 0 saturated carbocycles. The summed E-state index contributed by atoms with van der Waals surface area (Å²) >= 11 is 0. The molecule has 0 aliphatic carbocycles. The molecule has 0 aromatic heterocycles. The van der Waals surface area contributed by atoms with Gasteiger partial charge in [0.25, 0.3) is 0 Å². The van der Waals surface area contributed by atoms with Crippen LogP contribution in [0.2, 0.25) is 0 Å². The summed E-state index contributed by atoms with van der Waals surface area (Å²) in [7, 11) is 3.79. The van der Waals surface area contributed by atoms with Gasteiger partial charge in [-0.2, -0.15) is 0 Å². The molecule has 1 atom stereocenters. The van der Waals surface area contributed by atoms with E-state index in [0.29, 0.717) is 12.6 Å². The first-order valence-electron chi connectivity index (χ1n) is 4.33. The molecule has 4 heteroatoms. The number of carbonyl (C=O) groups is 1. The third-order valence-electron chi connectivity index (χ3n) is 1.89. The second-order valence-corrected chi connectivity index (χ2v) is 3.50. The maximum Gasteiger partial charge on any atom is 0.234 e. The third-order valence-corrected chi connectivity index (χ3v) is 1.89. The SMILES string of the molecule is CN(C)CC(=O)N[C@@H]1CCNC1. The Balaban J connectivity index is 2.16. The number of nitrogens with one attached hydrogen (secondary N) is 2. The van der Waals surface area contributed by atoms with Gasteiger partial charge in [-0.1, -0.05) is 0 Å². The van der Waals surface area contributed by atoms with E-state index >= 15 is 0 Å². The average molecular weight is 171 g/mol. The molecule has 2 N–H and O–H groups in total. The molecule has 0 bridgehead atoms. The Labute approximate surface area is 73.3 Å². The highest BCUT2D eigenvalue weighted by atomic mass is 16.2. The zero-order valence-corrected chi connectivity index (χ0v) is 7.76. The maximum atomic E-state index is 11.2. The van der Waals surface area contributed by atoms with E-state index in [2.05, 4.69) is 10.6 Å². The van der Waals surface area contributed by atoms with Gasteiger partial charge in [0.2, 0.25) is 5.91 Å². The van der Waals surface area contributed by atoms with Gasteiger partial charge in [0.05, 0.1) is 6.54 Å². The molecule has 1 fully saturated rings. The van der Waals surface area contributed by atoms with Gasteiger partial charge in [-0.3, -0.25) is 4.79 Å². The third kappa shape index (κ3) is 3.19. The van der Waals surface area contributed by atoms with Crippen LogP contribution < -0.4 is 10.6 Å². The van der Waals surface area contributed by atoms with Crippen molar-refractivity contribution in [1.82, 2.24) is 15.5 Å². The van der Waals surface area contributed by atoms with Crippen LogP contribution in [0.5, 0.6) is 0 Å². The van der Waals surface area contributed by atoms with Crippen LogP contribution >= 0.6 is 0 Å². The van der Waals surface area contributed by atoms with Gasteiger partial charge < -0.3 is 15.5 Å². The summed E-state index contributed by atoms with van der Waals surface area (Å²) < 4.78 is 0. The van der Waals surface area contributed by atoms with Crippen molar-refractivity contribution < 1.29 is 4.79 Å². The van der Waals surface area contributed by atoms with Gasteiger partial charge in [-0.05, 0) is 27.1 Å². The summed E-state index contributed by atoms with van der Waals surface area (Å²) in [5.41, 5.74) is 0. The fourth-order valence-corrected chi connectivity index (χ4v) is 1.34. The van der Waals surface area contributed by atoms with Crippen LogP contribution in [0.1, 0.15) is 6.42 Å². The van der Waals surface area contributed by atoms with Crippen LogP contribution in [0.25, 0.3) is 0 Å².